The number of fused-ring (bicyclic) bond motifs is 1. The van der Waals surface area contributed by atoms with E-state index in [1.807, 2.05) is 19.9 Å². The maximum Gasteiger partial charge on any atom is 0.306 e. The molecule has 0 bridgehead atoms. The molecule has 0 aliphatic carbocycles. The van der Waals surface area contributed by atoms with Crippen molar-refractivity contribution in [1.29, 1.82) is 0 Å². The largest absolute Gasteiger partial charge is 0.490 e. The number of carbonyl (C=O) groups is 1. The van der Waals surface area contributed by atoms with Gasteiger partial charge in [0, 0.05) is 0 Å². The van der Waals surface area contributed by atoms with Gasteiger partial charge >= 0.3 is 5.97 Å². The van der Waals surface area contributed by atoms with Gasteiger partial charge in [0.1, 0.15) is 0 Å². The molecule has 0 aromatic heterocycles. The van der Waals surface area contributed by atoms with Crippen molar-refractivity contribution >= 4 is 16.7 Å². The Morgan fingerprint density at radius 3 is 2.38 bits per heavy atom. The average Bonchev–Trinajstić information content (AvgIpc) is 2.81. The maximum absolute atomic E-state index is 11.5. The first-order valence-corrected chi connectivity index (χ1v) is 11.5. The van der Waals surface area contributed by atoms with Crippen molar-refractivity contribution in [1.82, 2.24) is 4.90 Å². The van der Waals surface area contributed by atoms with Gasteiger partial charge in [-0.2, -0.15) is 0 Å². The predicted octanol–water partition coefficient (Wildman–Crippen LogP) is 5.52. The molecule has 1 aliphatic heterocycles. The molecule has 5 heteroatoms. The third-order valence-electron chi connectivity index (χ3n) is 6.25. The van der Waals surface area contributed by atoms with Gasteiger partial charge in [0.15, 0.2) is 11.5 Å². The maximum atomic E-state index is 11.5. The first-order valence-electron chi connectivity index (χ1n) is 11.5. The molecular weight excluding hydrogens is 402 g/mol. The van der Waals surface area contributed by atoms with Crippen molar-refractivity contribution in [3.63, 3.8) is 0 Å². The lowest BCUT2D eigenvalue weighted by Crippen LogP contribution is -2.39. The lowest BCUT2D eigenvalue weighted by atomic mass is 9.89. The van der Waals surface area contributed by atoms with Gasteiger partial charge in [-0.15, -0.1) is 0 Å². The minimum absolute atomic E-state index is 0.00530. The van der Waals surface area contributed by atoms with E-state index in [1.165, 1.54) is 16.3 Å². The van der Waals surface area contributed by atoms with Gasteiger partial charge in [-0.25, -0.2) is 0 Å². The van der Waals surface area contributed by atoms with Gasteiger partial charge in [-0.3, -0.25) is 9.69 Å². The fourth-order valence-corrected chi connectivity index (χ4v) is 4.72. The molecule has 3 aromatic carbocycles. The minimum Gasteiger partial charge on any atom is -0.490 e. The predicted molar refractivity (Wildman–Crippen MR) is 127 cm³/mol. The van der Waals surface area contributed by atoms with Crippen LogP contribution in [0.3, 0.4) is 0 Å². The Morgan fingerprint density at radius 1 is 0.969 bits per heavy atom. The Morgan fingerprint density at radius 2 is 1.66 bits per heavy atom. The number of carboxylic acids is 1. The highest BCUT2D eigenvalue weighted by atomic mass is 16.5. The number of hydrogen-bond donors (Lipinski definition) is 1. The van der Waals surface area contributed by atoms with E-state index in [9.17, 15) is 9.90 Å². The summed E-state index contributed by atoms with van der Waals surface area (Å²) in [5.74, 6) is 0.543. The number of carboxylic acid groups (broad SMARTS) is 1. The van der Waals surface area contributed by atoms with Crippen molar-refractivity contribution in [2.75, 3.05) is 26.3 Å². The first-order chi connectivity index (χ1) is 15.6. The van der Waals surface area contributed by atoms with Crippen LogP contribution < -0.4 is 9.47 Å². The molecule has 3 aromatic rings. The Hall–Kier alpha value is -3.05. The molecule has 0 amide bonds. The topological polar surface area (TPSA) is 59.0 Å². The summed E-state index contributed by atoms with van der Waals surface area (Å²) in [7, 11) is 0. The number of benzene rings is 3. The molecule has 0 radical (unpaired) electrons. The number of nitrogens with zero attached hydrogens (tertiary/aromatic N) is 1. The van der Waals surface area contributed by atoms with Crippen LogP contribution in [0.25, 0.3) is 10.8 Å². The normalized spacial score (nSPS) is 16.1. The molecule has 32 heavy (non-hydrogen) atoms. The van der Waals surface area contributed by atoms with Gasteiger partial charge in [-0.05, 0) is 73.8 Å². The molecule has 1 atom stereocenters. The Bertz CT molecular complexity index is 1070. The summed E-state index contributed by atoms with van der Waals surface area (Å²) in [4.78, 5) is 13.9. The molecule has 0 spiro atoms. The molecular formula is C27H31NO4. The van der Waals surface area contributed by atoms with E-state index in [1.54, 1.807) is 0 Å². The summed E-state index contributed by atoms with van der Waals surface area (Å²) in [6.07, 6.45) is 1.32. The fourth-order valence-electron chi connectivity index (χ4n) is 4.72. The van der Waals surface area contributed by atoms with Crippen molar-refractivity contribution in [2.45, 2.75) is 32.7 Å². The molecule has 1 heterocycles. The summed E-state index contributed by atoms with van der Waals surface area (Å²) < 4.78 is 11.7. The molecule has 168 valence electrons. The summed E-state index contributed by atoms with van der Waals surface area (Å²) in [6, 6.07) is 21.1. The monoisotopic (exact) mass is 433 g/mol. The Kier molecular flexibility index (Phi) is 6.96. The molecule has 5 nitrogen and oxygen atoms in total. The Balaban J connectivity index is 1.79. The Labute approximate surface area is 189 Å². The van der Waals surface area contributed by atoms with E-state index >= 15 is 0 Å². The molecule has 1 unspecified atom stereocenters. The minimum atomic E-state index is -0.689. The highest BCUT2D eigenvalue weighted by molar-refractivity contribution is 5.86. The summed E-state index contributed by atoms with van der Waals surface area (Å²) >= 11 is 0. The zero-order valence-corrected chi connectivity index (χ0v) is 18.8. The summed E-state index contributed by atoms with van der Waals surface area (Å²) in [5.41, 5.74) is 2.35. The highest BCUT2D eigenvalue weighted by Gasteiger charge is 2.31. The van der Waals surface area contributed by atoms with Crippen LogP contribution in [0, 0.1) is 5.92 Å². The van der Waals surface area contributed by atoms with Crippen LogP contribution in [0.5, 0.6) is 11.5 Å². The second-order valence-corrected chi connectivity index (χ2v) is 8.19. The van der Waals surface area contributed by atoms with Crippen LogP contribution in [0.15, 0.2) is 60.7 Å². The van der Waals surface area contributed by atoms with Gasteiger partial charge < -0.3 is 14.6 Å². The van der Waals surface area contributed by atoms with Gasteiger partial charge in [0.2, 0.25) is 0 Å². The smallest absolute Gasteiger partial charge is 0.306 e. The number of hydrogen-bond acceptors (Lipinski definition) is 4. The number of likely N-dealkylation sites (tertiary alicyclic amines) is 1. The van der Waals surface area contributed by atoms with Crippen LogP contribution in [0.1, 0.15) is 43.9 Å². The van der Waals surface area contributed by atoms with Crippen molar-refractivity contribution in [3.05, 3.63) is 71.8 Å². The number of ether oxygens (including phenoxy) is 2. The van der Waals surface area contributed by atoms with Gasteiger partial charge in [-0.1, -0.05) is 48.5 Å². The van der Waals surface area contributed by atoms with Crippen molar-refractivity contribution in [2.24, 2.45) is 5.92 Å². The van der Waals surface area contributed by atoms with Crippen molar-refractivity contribution in [3.8, 4) is 11.5 Å². The molecule has 1 aliphatic rings. The summed E-state index contributed by atoms with van der Waals surface area (Å²) in [5, 5.41) is 11.9. The van der Waals surface area contributed by atoms with Crippen LogP contribution in [0.4, 0.5) is 0 Å². The number of rotatable bonds is 8. The van der Waals surface area contributed by atoms with Crippen LogP contribution in [-0.2, 0) is 4.79 Å². The van der Waals surface area contributed by atoms with Crippen LogP contribution in [0.2, 0.25) is 0 Å². The molecule has 1 N–H and O–H groups in total. The van der Waals surface area contributed by atoms with Crippen LogP contribution >= 0.6 is 0 Å². The SMILES string of the molecule is CCOc1ccc(C(c2cccc3ccccc23)N2CCC(C(=O)O)CC2)cc1OCC. The standard InChI is InChI=1S/C27H31NO4/c1-3-31-24-13-12-21(18-25(24)32-4-2)26(28-16-14-20(15-17-28)27(29)30)23-11-7-9-19-8-5-6-10-22(19)23/h5-13,18,20,26H,3-4,14-17H2,1-2H3,(H,29,30). The molecule has 4 rings (SSSR count). The fraction of sp³-hybridized carbons (Fsp3) is 0.370. The molecule has 1 fully saturated rings. The van der Waals surface area contributed by atoms with E-state index in [0.717, 1.165) is 30.2 Å². The van der Waals surface area contributed by atoms with E-state index < -0.39 is 5.97 Å². The number of piperidine rings is 1. The zero-order chi connectivity index (χ0) is 22.5. The number of aliphatic carboxylic acids is 1. The highest BCUT2D eigenvalue weighted by Crippen LogP contribution is 2.39. The zero-order valence-electron chi connectivity index (χ0n) is 18.8. The second-order valence-electron chi connectivity index (χ2n) is 8.19. The van der Waals surface area contributed by atoms with E-state index in [4.69, 9.17) is 9.47 Å². The second kappa shape index (κ2) is 10.0. The van der Waals surface area contributed by atoms with E-state index in [0.29, 0.717) is 26.1 Å². The third-order valence-corrected chi connectivity index (χ3v) is 6.25. The first kappa shape index (κ1) is 22.2. The third kappa shape index (κ3) is 4.58. The van der Waals surface area contributed by atoms with Crippen LogP contribution in [-0.4, -0.2) is 42.3 Å². The lowest BCUT2D eigenvalue weighted by Gasteiger charge is -2.37. The van der Waals surface area contributed by atoms with E-state index in [2.05, 4.69) is 59.5 Å². The quantitative estimate of drug-likeness (QED) is 0.507. The molecule has 1 saturated heterocycles. The summed E-state index contributed by atoms with van der Waals surface area (Å²) in [6.45, 7) is 6.56. The van der Waals surface area contributed by atoms with E-state index in [-0.39, 0.29) is 12.0 Å². The average molecular weight is 434 g/mol. The molecule has 0 saturated carbocycles. The lowest BCUT2D eigenvalue weighted by molar-refractivity contribution is -0.143. The van der Waals surface area contributed by atoms with Gasteiger partial charge in [0.05, 0.1) is 25.2 Å². The van der Waals surface area contributed by atoms with Crippen molar-refractivity contribution < 1.29 is 19.4 Å². The van der Waals surface area contributed by atoms with Gasteiger partial charge in [0.25, 0.3) is 0 Å².